The van der Waals surface area contributed by atoms with Crippen molar-refractivity contribution in [1.82, 2.24) is 0 Å². The van der Waals surface area contributed by atoms with Gasteiger partial charge in [-0.1, -0.05) is 23.7 Å². The largest absolute Gasteiger partial charge is 0.378 e. The van der Waals surface area contributed by atoms with Crippen molar-refractivity contribution in [2.45, 2.75) is 38.9 Å². The monoisotopic (exact) mass is 381 g/mol. The number of hydrogen-bond acceptors (Lipinski definition) is 3. The first kappa shape index (κ1) is 21.7. The Morgan fingerprint density at radius 1 is 0.586 bits per heavy atom. The van der Waals surface area contributed by atoms with Crippen LogP contribution in [0.25, 0.3) is 0 Å². The second-order valence-electron chi connectivity index (χ2n) is 7.40. The molecule has 0 aromatic heterocycles. The molecular formula is C26H23NO2. The maximum atomic E-state index is 9.52. The standard InChI is InChI=1S/C26H23NO2/c1-25(2,28)19-7-5-9-21-11-15-23(16-12-21)27-24-17-13-22(14-18-24)10-6-8-20-26(3,4)29/h11-18,27-29H,1-4H3. The van der Waals surface area contributed by atoms with Gasteiger partial charge in [-0.2, -0.15) is 0 Å². The lowest BCUT2D eigenvalue weighted by Crippen LogP contribution is -2.14. The second-order valence-corrected chi connectivity index (χ2v) is 7.40. The van der Waals surface area contributed by atoms with E-state index in [0.29, 0.717) is 0 Å². The van der Waals surface area contributed by atoms with Crippen LogP contribution in [-0.2, 0) is 0 Å². The summed E-state index contributed by atoms with van der Waals surface area (Å²) >= 11 is 0. The van der Waals surface area contributed by atoms with Crippen molar-refractivity contribution in [2.75, 3.05) is 5.32 Å². The molecule has 0 heterocycles. The fraction of sp³-hybridized carbons (Fsp3) is 0.231. The average Bonchev–Trinajstić information content (AvgIpc) is 2.63. The van der Waals surface area contributed by atoms with Crippen LogP contribution >= 0.6 is 0 Å². The van der Waals surface area contributed by atoms with Gasteiger partial charge in [-0.25, -0.2) is 0 Å². The second kappa shape index (κ2) is 9.55. The molecule has 2 aromatic carbocycles. The van der Waals surface area contributed by atoms with E-state index < -0.39 is 11.2 Å². The van der Waals surface area contributed by atoms with Gasteiger partial charge in [0.2, 0.25) is 0 Å². The molecule has 3 N–H and O–H groups in total. The van der Waals surface area contributed by atoms with E-state index in [1.807, 2.05) is 48.5 Å². The van der Waals surface area contributed by atoms with Gasteiger partial charge in [0.15, 0.2) is 0 Å². The Hall–Kier alpha value is -3.60. The van der Waals surface area contributed by atoms with E-state index in [1.54, 1.807) is 27.7 Å². The summed E-state index contributed by atoms with van der Waals surface area (Å²) in [7, 11) is 0. The van der Waals surface area contributed by atoms with Crippen LogP contribution in [0, 0.1) is 47.4 Å². The fourth-order valence-corrected chi connectivity index (χ4v) is 2.02. The van der Waals surface area contributed by atoms with Gasteiger partial charge in [0.25, 0.3) is 0 Å². The summed E-state index contributed by atoms with van der Waals surface area (Å²) in [5.41, 5.74) is 1.50. The first-order chi connectivity index (χ1) is 13.6. The van der Waals surface area contributed by atoms with E-state index in [4.69, 9.17) is 0 Å². The van der Waals surface area contributed by atoms with Crippen LogP contribution in [0.15, 0.2) is 48.5 Å². The van der Waals surface area contributed by atoms with Crippen LogP contribution in [0.3, 0.4) is 0 Å². The zero-order chi connectivity index (χ0) is 21.3. The third kappa shape index (κ3) is 9.24. The van der Waals surface area contributed by atoms with Crippen LogP contribution in [0.1, 0.15) is 38.8 Å². The van der Waals surface area contributed by atoms with E-state index >= 15 is 0 Å². The zero-order valence-electron chi connectivity index (χ0n) is 17.0. The molecule has 0 saturated carbocycles. The quantitative estimate of drug-likeness (QED) is 0.696. The molecule has 3 nitrogen and oxygen atoms in total. The molecule has 144 valence electrons. The van der Waals surface area contributed by atoms with Gasteiger partial charge in [0, 0.05) is 22.5 Å². The van der Waals surface area contributed by atoms with E-state index in [0.717, 1.165) is 22.5 Å². The third-order valence-electron chi connectivity index (χ3n) is 3.33. The highest BCUT2D eigenvalue weighted by atomic mass is 16.3. The number of nitrogens with one attached hydrogen (secondary N) is 1. The maximum absolute atomic E-state index is 9.52. The molecule has 0 radical (unpaired) electrons. The third-order valence-corrected chi connectivity index (χ3v) is 3.33. The van der Waals surface area contributed by atoms with Crippen molar-refractivity contribution in [3.05, 3.63) is 59.7 Å². The molecule has 0 fully saturated rings. The summed E-state index contributed by atoms with van der Waals surface area (Å²) in [5.74, 6) is 22.0. The molecule has 29 heavy (non-hydrogen) atoms. The van der Waals surface area contributed by atoms with Crippen molar-refractivity contribution >= 4 is 11.4 Å². The van der Waals surface area contributed by atoms with Gasteiger partial charge < -0.3 is 15.5 Å². The minimum absolute atomic E-state index is 0.846. The minimum atomic E-state index is -1.03. The van der Waals surface area contributed by atoms with Gasteiger partial charge in [-0.15, -0.1) is 0 Å². The number of benzene rings is 2. The summed E-state index contributed by atoms with van der Waals surface area (Å²) in [4.78, 5) is 0. The Balaban J connectivity index is 1.98. The molecule has 0 saturated heterocycles. The minimum Gasteiger partial charge on any atom is -0.378 e. The van der Waals surface area contributed by atoms with E-state index in [2.05, 4.69) is 52.7 Å². The topological polar surface area (TPSA) is 52.5 Å². The van der Waals surface area contributed by atoms with Crippen LogP contribution < -0.4 is 5.32 Å². The van der Waals surface area contributed by atoms with Crippen LogP contribution in [0.5, 0.6) is 0 Å². The molecule has 3 heteroatoms. The van der Waals surface area contributed by atoms with Crippen molar-refractivity contribution < 1.29 is 10.2 Å². The lowest BCUT2D eigenvalue weighted by molar-refractivity contribution is 0.143. The lowest BCUT2D eigenvalue weighted by Gasteiger charge is -2.06. The summed E-state index contributed by atoms with van der Waals surface area (Å²) in [6.07, 6.45) is 0. The van der Waals surface area contributed by atoms with Gasteiger partial charge in [-0.3, -0.25) is 0 Å². The van der Waals surface area contributed by atoms with Crippen LogP contribution in [0.2, 0.25) is 0 Å². The fourth-order valence-electron chi connectivity index (χ4n) is 2.02. The number of aliphatic hydroxyl groups is 2. The lowest BCUT2D eigenvalue weighted by atomic mass is 10.1. The van der Waals surface area contributed by atoms with Gasteiger partial charge in [0.05, 0.1) is 0 Å². The Morgan fingerprint density at radius 3 is 1.24 bits per heavy atom. The SMILES string of the molecule is CC(C)(O)C#CC#Cc1ccc(Nc2ccc(C#CC#CC(C)(C)O)cc2)cc1. The summed E-state index contributed by atoms with van der Waals surface area (Å²) < 4.78 is 0. The van der Waals surface area contributed by atoms with Gasteiger partial charge in [0.1, 0.15) is 11.2 Å². The molecule has 0 spiro atoms. The van der Waals surface area contributed by atoms with E-state index in [1.165, 1.54) is 0 Å². The Labute approximate surface area is 173 Å². The van der Waals surface area contributed by atoms with Crippen molar-refractivity contribution in [1.29, 1.82) is 0 Å². The molecule has 0 aliphatic carbocycles. The highest BCUT2D eigenvalue weighted by Crippen LogP contribution is 2.17. The van der Waals surface area contributed by atoms with Crippen LogP contribution in [-0.4, -0.2) is 21.4 Å². The zero-order valence-corrected chi connectivity index (χ0v) is 17.0. The normalized spacial score (nSPS) is 10.0. The molecule has 0 amide bonds. The summed E-state index contributed by atoms with van der Waals surface area (Å²) in [5, 5.41) is 22.4. The predicted octanol–water partition coefficient (Wildman–Crippen LogP) is 3.68. The highest BCUT2D eigenvalue weighted by molar-refractivity contribution is 5.62. The van der Waals surface area contributed by atoms with Gasteiger partial charge >= 0.3 is 0 Å². The molecule has 0 aliphatic rings. The molecule has 0 unspecified atom stereocenters. The smallest absolute Gasteiger partial charge is 0.120 e. The van der Waals surface area contributed by atoms with Crippen molar-refractivity contribution in [3.8, 4) is 47.4 Å². The summed E-state index contributed by atoms with van der Waals surface area (Å²) in [6, 6.07) is 15.4. The first-order valence-electron chi connectivity index (χ1n) is 9.09. The molecule has 2 rings (SSSR count). The highest BCUT2D eigenvalue weighted by Gasteiger charge is 2.05. The molecular weight excluding hydrogens is 358 g/mol. The number of rotatable bonds is 2. The molecule has 0 bridgehead atoms. The van der Waals surface area contributed by atoms with E-state index in [-0.39, 0.29) is 0 Å². The summed E-state index contributed by atoms with van der Waals surface area (Å²) in [6.45, 7) is 6.47. The Morgan fingerprint density at radius 2 is 0.931 bits per heavy atom. The first-order valence-corrected chi connectivity index (χ1v) is 9.09. The molecule has 2 aromatic rings. The maximum Gasteiger partial charge on any atom is 0.120 e. The molecule has 0 atom stereocenters. The average molecular weight is 381 g/mol. The Bertz CT molecular complexity index is 991. The molecule has 0 aliphatic heterocycles. The van der Waals surface area contributed by atoms with Crippen molar-refractivity contribution in [2.24, 2.45) is 0 Å². The predicted molar refractivity (Wildman–Crippen MR) is 118 cm³/mol. The Kier molecular flexibility index (Phi) is 7.15. The van der Waals surface area contributed by atoms with Crippen molar-refractivity contribution in [3.63, 3.8) is 0 Å². The number of anilines is 2. The number of hydrogen-bond donors (Lipinski definition) is 3. The van der Waals surface area contributed by atoms with Gasteiger partial charge in [-0.05, 0) is 99.9 Å². The van der Waals surface area contributed by atoms with Crippen LogP contribution in [0.4, 0.5) is 11.4 Å². The van der Waals surface area contributed by atoms with E-state index in [9.17, 15) is 10.2 Å².